The van der Waals surface area contributed by atoms with Gasteiger partial charge >= 0.3 is 0 Å². The Balaban J connectivity index is 2.21. The fraction of sp³-hybridized carbons (Fsp3) is 1.00. The normalized spacial score (nSPS) is 28.3. The van der Waals surface area contributed by atoms with Gasteiger partial charge in [-0.15, -0.1) is 0 Å². The summed E-state index contributed by atoms with van der Waals surface area (Å²) in [4.78, 5) is 0. The summed E-state index contributed by atoms with van der Waals surface area (Å²) in [6.45, 7) is 0.464. The largest absolute Gasteiger partial charge is 0.371 e. The smallest absolute Gasteiger partial charge is 0.180 e. The van der Waals surface area contributed by atoms with Crippen molar-refractivity contribution < 1.29 is 14.2 Å². The Kier molecular flexibility index (Phi) is 5.40. The van der Waals surface area contributed by atoms with Gasteiger partial charge < -0.3 is 19.9 Å². The molecule has 2 N–H and O–H groups in total. The van der Waals surface area contributed by atoms with Gasteiger partial charge in [0.15, 0.2) is 6.29 Å². The molecular formula is C10H21NO3. The first-order valence-corrected chi connectivity index (χ1v) is 5.20. The maximum absolute atomic E-state index is 5.94. The maximum Gasteiger partial charge on any atom is 0.180 e. The highest BCUT2D eigenvalue weighted by atomic mass is 16.7. The molecule has 4 heteroatoms. The molecule has 0 aromatic rings. The summed E-state index contributed by atoms with van der Waals surface area (Å²) < 4.78 is 15.7. The molecule has 2 unspecified atom stereocenters. The lowest BCUT2D eigenvalue weighted by molar-refractivity contribution is -0.156. The van der Waals surface area contributed by atoms with E-state index in [4.69, 9.17) is 19.9 Å². The molecule has 84 valence electrons. The molecule has 0 aliphatic heterocycles. The van der Waals surface area contributed by atoms with Gasteiger partial charge in [-0.1, -0.05) is 12.8 Å². The van der Waals surface area contributed by atoms with Gasteiger partial charge in [0.1, 0.15) is 0 Å². The van der Waals surface area contributed by atoms with E-state index >= 15 is 0 Å². The Morgan fingerprint density at radius 2 is 1.86 bits per heavy atom. The zero-order valence-corrected chi connectivity index (χ0v) is 9.07. The molecular weight excluding hydrogens is 182 g/mol. The van der Waals surface area contributed by atoms with E-state index in [1.807, 2.05) is 0 Å². The first-order chi connectivity index (χ1) is 6.77. The molecule has 14 heavy (non-hydrogen) atoms. The minimum absolute atomic E-state index is 0.177. The Bertz CT molecular complexity index is 150. The van der Waals surface area contributed by atoms with Crippen molar-refractivity contribution in [2.24, 2.45) is 5.73 Å². The number of ether oxygens (including phenoxy) is 3. The molecule has 0 aromatic carbocycles. The molecule has 1 fully saturated rings. The van der Waals surface area contributed by atoms with E-state index in [9.17, 15) is 0 Å². The second-order valence-corrected chi connectivity index (χ2v) is 3.72. The van der Waals surface area contributed by atoms with Crippen molar-refractivity contribution in [1.82, 2.24) is 0 Å². The summed E-state index contributed by atoms with van der Waals surface area (Å²) in [6.07, 6.45) is 4.46. The molecule has 0 bridgehead atoms. The van der Waals surface area contributed by atoms with Crippen molar-refractivity contribution in [1.29, 1.82) is 0 Å². The SMILES string of the molecule is COC(COC1CCCCC1N)OC. The van der Waals surface area contributed by atoms with Gasteiger partial charge in [-0.3, -0.25) is 0 Å². The lowest BCUT2D eigenvalue weighted by atomic mass is 9.93. The second kappa shape index (κ2) is 6.35. The molecule has 2 atom stereocenters. The monoisotopic (exact) mass is 203 g/mol. The molecule has 1 rings (SSSR count). The third-order valence-corrected chi connectivity index (χ3v) is 2.73. The predicted molar refractivity (Wildman–Crippen MR) is 54.0 cm³/mol. The molecule has 1 aliphatic carbocycles. The van der Waals surface area contributed by atoms with E-state index in [0.717, 1.165) is 12.8 Å². The maximum atomic E-state index is 5.94. The molecule has 1 aliphatic rings. The molecule has 4 nitrogen and oxygen atoms in total. The van der Waals surface area contributed by atoms with Gasteiger partial charge in [-0.2, -0.15) is 0 Å². The average Bonchev–Trinajstić information content (AvgIpc) is 2.22. The highest BCUT2D eigenvalue weighted by Crippen LogP contribution is 2.19. The molecule has 0 aromatic heterocycles. The number of nitrogens with two attached hydrogens (primary N) is 1. The lowest BCUT2D eigenvalue weighted by Crippen LogP contribution is -2.41. The third-order valence-electron chi connectivity index (χ3n) is 2.73. The predicted octanol–water partition coefficient (Wildman–Crippen LogP) is 0.892. The summed E-state index contributed by atoms with van der Waals surface area (Å²) in [5.74, 6) is 0. The van der Waals surface area contributed by atoms with Crippen LogP contribution in [-0.2, 0) is 14.2 Å². The summed E-state index contributed by atoms with van der Waals surface area (Å²) >= 11 is 0. The van der Waals surface area contributed by atoms with Gasteiger partial charge in [0.25, 0.3) is 0 Å². The van der Waals surface area contributed by atoms with E-state index in [-0.39, 0.29) is 18.4 Å². The molecule has 0 heterocycles. The molecule has 0 spiro atoms. The van der Waals surface area contributed by atoms with Crippen LogP contribution in [0.3, 0.4) is 0 Å². The molecule has 0 saturated heterocycles. The van der Waals surface area contributed by atoms with Crippen LogP contribution in [0, 0.1) is 0 Å². The van der Waals surface area contributed by atoms with E-state index in [2.05, 4.69) is 0 Å². The number of rotatable bonds is 5. The lowest BCUT2D eigenvalue weighted by Gasteiger charge is -2.29. The third kappa shape index (κ3) is 3.53. The van der Waals surface area contributed by atoms with Gasteiger partial charge in [-0.05, 0) is 12.8 Å². The Morgan fingerprint density at radius 3 is 2.43 bits per heavy atom. The minimum atomic E-state index is -0.274. The summed E-state index contributed by atoms with van der Waals surface area (Å²) in [5.41, 5.74) is 5.94. The van der Waals surface area contributed by atoms with Crippen LogP contribution < -0.4 is 5.73 Å². The van der Waals surface area contributed by atoms with Gasteiger partial charge in [-0.25, -0.2) is 0 Å². The summed E-state index contributed by atoms with van der Waals surface area (Å²) in [7, 11) is 3.22. The van der Waals surface area contributed by atoms with Crippen LogP contribution in [0.25, 0.3) is 0 Å². The topological polar surface area (TPSA) is 53.7 Å². The summed E-state index contributed by atoms with van der Waals surface area (Å²) in [6, 6.07) is 0.179. The van der Waals surface area contributed by atoms with Crippen molar-refractivity contribution in [3.05, 3.63) is 0 Å². The van der Waals surface area contributed by atoms with Gasteiger partial charge in [0.05, 0.1) is 12.7 Å². The van der Waals surface area contributed by atoms with Gasteiger partial charge in [0.2, 0.25) is 0 Å². The Labute approximate surface area is 85.7 Å². The fourth-order valence-electron chi connectivity index (χ4n) is 1.77. The zero-order valence-electron chi connectivity index (χ0n) is 9.07. The molecule has 1 saturated carbocycles. The van der Waals surface area contributed by atoms with Crippen LogP contribution >= 0.6 is 0 Å². The van der Waals surface area contributed by atoms with Gasteiger partial charge in [0, 0.05) is 20.3 Å². The van der Waals surface area contributed by atoms with Crippen LogP contribution in [0.15, 0.2) is 0 Å². The fourth-order valence-corrected chi connectivity index (χ4v) is 1.77. The first-order valence-electron chi connectivity index (χ1n) is 5.20. The quantitative estimate of drug-likeness (QED) is 0.674. The molecule has 0 radical (unpaired) electrons. The summed E-state index contributed by atoms with van der Waals surface area (Å²) in [5, 5.41) is 0. The highest BCUT2D eigenvalue weighted by molar-refractivity contribution is 4.78. The average molecular weight is 203 g/mol. The van der Waals surface area contributed by atoms with Crippen LogP contribution in [0.1, 0.15) is 25.7 Å². The van der Waals surface area contributed by atoms with Crippen LogP contribution in [0.2, 0.25) is 0 Å². The first kappa shape index (κ1) is 11.9. The van der Waals surface area contributed by atoms with E-state index in [0.29, 0.717) is 6.61 Å². The second-order valence-electron chi connectivity index (χ2n) is 3.72. The van der Waals surface area contributed by atoms with E-state index in [1.54, 1.807) is 14.2 Å². The number of hydrogen-bond acceptors (Lipinski definition) is 4. The number of methoxy groups -OCH3 is 2. The van der Waals surface area contributed by atoms with Crippen molar-refractivity contribution in [3.63, 3.8) is 0 Å². The zero-order chi connectivity index (χ0) is 10.4. The standard InChI is InChI=1S/C10H21NO3/c1-12-10(13-2)7-14-9-6-4-3-5-8(9)11/h8-10H,3-7,11H2,1-2H3. The highest BCUT2D eigenvalue weighted by Gasteiger charge is 2.23. The van der Waals surface area contributed by atoms with Crippen LogP contribution in [0.5, 0.6) is 0 Å². The van der Waals surface area contributed by atoms with E-state index in [1.165, 1.54) is 12.8 Å². The van der Waals surface area contributed by atoms with Crippen LogP contribution in [-0.4, -0.2) is 39.3 Å². The van der Waals surface area contributed by atoms with Crippen LogP contribution in [0.4, 0.5) is 0 Å². The number of hydrogen-bond donors (Lipinski definition) is 1. The van der Waals surface area contributed by atoms with Crippen molar-refractivity contribution >= 4 is 0 Å². The van der Waals surface area contributed by atoms with Crippen molar-refractivity contribution in [2.75, 3.05) is 20.8 Å². The Hall–Kier alpha value is -0.160. The Morgan fingerprint density at radius 1 is 1.21 bits per heavy atom. The minimum Gasteiger partial charge on any atom is -0.371 e. The van der Waals surface area contributed by atoms with Crippen molar-refractivity contribution in [2.45, 2.75) is 44.1 Å². The van der Waals surface area contributed by atoms with Crippen molar-refractivity contribution in [3.8, 4) is 0 Å². The van der Waals surface area contributed by atoms with E-state index < -0.39 is 0 Å². The molecule has 0 amide bonds.